The zero-order valence-electron chi connectivity index (χ0n) is 19.8. The molecule has 1 fully saturated rings. The normalized spacial score (nSPS) is 18.5. The number of methoxy groups -OCH3 is 1. The third-order valence-corrected chi connectivity index (χ3v) is 5.82. The first-order valence-corrected chi connectivity index (χ1v) is 11.4. The Hall–Kier alpha value is -3.49. The summed E-state index contributed by atoms with van der Waals surface area (Å²) in [6.45, 7) is 5.46. The quantitative estimate of drug-likeness (QED) is 0.540. The van der Waals surface area contributed by atoms with Crippen LogP contribution in [0.5, 0.6) is 0 Å². The number of rotatable bonds is 4. The predicted molar refractivity (Wildman–Crippen MR) is 125 cm³/mol. The number of nitrogens with zero attached hydrogens (tertiary/aromatic N) is 3. The van der Waals surface area contributed by atoms with Crippen molar-refractivity contribution in [3.63, 3.8) is 0 Å². The summed E-state index contributed by atoms with van der Waals surface area (Å²) in [5, 5.41) is 2.97. The first-order valence-electron chi connectivity index (χ1n) is 11.4. The van der Waals surface area contributed by atoms with Gasteiger partial charge in [-0.1, -0.05) is 12.1 Å². The lowest BCUT2D eigenvalue weighted by molar-refractivity contribution is 0.0485. The Morgan fingerprint density at radius 2 is 1.97 bits per heavy atom. The van der Waals surface area contributed by atoms with Gasteiger partial charge >= 0.3 is 12.1 Å². The van der Waals surface area contributed by atoms with E-state index < -0.39 is 17.7 Å². The van der Waals surface area contributed by atoms with Crippen molar-refractivity contribution in [2.45, 2.75) is 64.1 Å². The molecule has 1 aliphatic carbocycles. The van der Waals surface area contributed by atoms with Gasteiger partial charge in [-0.3, -0.25) is 0 Å². The molecule has 34 heavy (non-hydrogen) atoms. The van der Waals surface area contributed by atoms with Crippen LogP contribution in [0.4, 0.5) is 9.18 Å². The van der Waals surface area contributed by atoms with E-state index in [4.69, 9.17) is 9.47 Å². The molecule has 2 aromatic heterocycles. The number of esters is 1. The number of amides is 1. The molecular formula is C25H29FN4O4. The third-order valence-electron chi connectivity index (χ3n) is 5.82. The summed E-state index contributed by atoms with van der Waals surface area (Å²) in [7, 11) is 1.30. The van der Waals surface area contributed by atoms with Crippen LogP contribution in [0.3, 0.4) is 0 Å². The van der Waals surface area contributed by atoms with E-state index in [2.05, 4.69) is 15.3 Å². The fourth-order valence-electron chi connectivity index (χ4n) is 4.42. The maximum Gasteiger partial charge on any atom is 0.407 e. The topological polar surface area (TPSA) is 95.3 Å². The summed E-state index contributed by atoms with van der Waals surface area (Å²) in [5.41, 5.74) is 1.13. The van der Waals surface area contributed by atoms with E-state index in [1.54, 1.807) is 24.3 Å². The second kappa shape index (κ2) is 9.40. The highest BCUT2D eigenvalue weighted by Crippen LogP contribution is 2.37. The predicted octanol–water partition coefficient (Wildman–Crippen LogP) is 5.03. The number of halogens is 1. The smallest absolute Gasteiger partial charge is 0.407 e. The maximum atomic E-state index is 14.8. The minimum atomic E-state index is -0.589. The van der Waals surface area contributed by atoms with Gasteiger partial charge in [0.1, 0.15) is 22.8 Å². The SMILES string of the molecule is COC(=O)c1cc2c(cn1)nc(-c1ccccc1F)n2[C@@H]1CCC[C@H](NC(=O)OC(C)(C)C)C1. The van der Waals surface area contributed by atoms with E-state index in [0.29, 0.717) is 28.8 Å². The van der Waals surface area contributed by atoms with E-state index in [9.17, 15) is 14.0 Å². The maximum absolute atomic E-state index is 14.8. The molecule has 1 N–H and O–H groups in total. The van der Waals surface area contributed by atoms with Crippen molar-refractivity contribution in [3.8, 4) is 11.4 Å². The van der Waals surface area contributed by atoms with E-state index in [-0.39, 0.29) is 23.6 Å². The third kappa shape index (κ3) is 5.03. The number of pyridine rings is 1. The summed E-state index contributed by atoms with van der Waals surface area (Å²) >= 11 is 0. The van der Waals surface area contributed by atoms with Gasteiger partial charge in [-0.25, -0.2) is 23.9 Å². The number of nitrogens with one attached hydrogen (secondary N) is 1. The molecule has 180 valence electrons. The van der Waals surface area contributed by atoms with Crippen LogP contribution in [0, 0.1) is 5.82 Å². The van der Waals surface area contributed by atoms with Gasteiger partial charge < -0.3 is 19.4 Å². The zero-order chi connectivity index (χ0) is 24.5. The molecule has 0 spiro atoms. The molecule has 9 heteroatoms. The Balaban J connectivity index is 1.74. The molecule has 0 bridgehead atoms. The Labute approximate surface area is 197 Å². The van der Waals surface area contributed by atoms with Crippen LogP contribution in [-0.2, 0) is 9.47 Å². The van der Waals surface area contributed by atoms with Gasteiger partial charge in [-0.15, -0.1) is 0 Å². The van der Waals surface area contributed by atoms with Gasteiger partial charge in [0.15, 0.2) is 5.69 Å². The fraction of sp³-hybridized carbons (Fsp3) is 0.440. The number of ether oxygens (including phenoxy) is 2. The van der Waals surface area contributed by atoms with Crippen molar-refractivity contribution in [1.82, 2.24) is 19.9 Å². The van der Waals surface area contributed by atoms with Crippen molar-refractivity contribution < 1.29 is 23.5 Å². The molecule has 1 saturated carbocycles. The average Bonchev–Trinajstić information content (AvgIpc) is 3.16. The van der Waals surface area contributed by atoms with Gasteiger partial charge in [-0.05, 0) is 64.7 Å². The molecule has 0 unspecified atom stereocenters. The molecule has 0 radical (unpaired) electrons. The zero-order valence-corrected chi connectivity index (χ0v) is 19.8. The van der Waals surface area contributed by atoms with E-state index in [0.717, 1.165) is 19.3 Å². The van der Waals surface area contributed by atoms with Crippen LogP contribution in [0.15, 0.2) is 36.5 Å². The number of imidazole rings is 1. The molecule has 0 aliphatic heterocycles. The van der Waals surface area contributed by atoms with Gasteiger partial charge in [0.25, 0.3) is 0 Å². The van der Waals surface area contributed by atoms with Gasteiger partial charge in [-0.2, -0.15) is 0 Å². The molecule has 3 aromatic rings. The molecule has 1 aliphatic rings. The number of alkyl carbamates (subject to hydrolysis) is 1. The number of benzene rings is 1. The van der Waals surface area contributed by atoms with Crippen molar-refractivity contribution in [3.05, 3.63) is 48.0 Å². The number of carbonyl (C=O) groups excluding carboxylic acids is 2. The Bertz CT molecular complexity index is 1220. The molecule has 0 saturated heterocycles. The van der Waals surface area contributed by atoms with E-state index in [1.807, 2.05) is 25.3 Å². The van der Waals surface area contributed by atoms with Crippen LogP contribution in [-0.4, -0.2) is 45.4 Å². The molecule has 1 amide bonds. The first-order chi connectivity index (χ1) is 16.2. The average molecular weight is 469 g/mol. The number of hydrogen-bond acceptors (Lipinski definition) is 6. The van der Waals surface area contributed by atoms with Crippen LogP contribution < -0.4 is 5.32 Å². The summed E-state index contributed by atoms with van der Waals surface area (Å²) in [4.78, 5) is 33.3. The molecule has 2 heterocycles. The van der Waals surface area contributed by atoms with Crippen molar-refractivity contribution >= 4 is 23.1 Å². The summed E-state index contributed by atoms with van der Waals surface area (Å²) in [6.07, 6.45) is 4.14. The highest BCUT2D eigenvalue weighted by molar-refractivity contribution is 5.92. The minimum absolute atomic E-state index is 0.0822. The van der Waals surface area contributed by atoms with Crippen molar-refractivity contribution in [2.75, 3.05) is 7.11 Å². The number of aromatic nitrogens is 3. The summed E-state index contributed by atoms with van der Waals surface area (Å²) in [6, 6.07) is 7.90. The standard InChI is InChI=1S/C25H29FN4O4/c1-25(2,3)34-24(32)28-15-8-7-9-16(12-15)30-21-13-19(23(31)33-4)27-14-20(21)29-22(30)17-10-5-6-11-18(17)26/h5-6,10-11,13-16H,7-9,12H2,1-4H3,(H,28,32)/t15-,16+/m0/s1. The Morgan fingerprint density at radius 3 is 2.68 bits per heavy atom. The monoisotopic (exact) mass is 468 g/mol. The Kier molecular flexibility index (Phi) is 6.54. The van der Waals surface area contributed by atoms with Crippen molar-refractivity contribution in [2.24, 2.45) is 0 Å². The van der Waals surface area contributed by atoms with Crippen LogP contribution in [0.25, 0.3) is 22.4 Å². The highest BCUT2D eigenvalue weighted by atomic mass is 19.1. The van der Waals surface area contributed by atoms with Crippen LogP contribution >= 0.6 is 0 Å². The second-order valence-electron chi connectivity index (χ2n) is 9.50. The lowest BCUT2D eigenvalue weighted by Gasteiger charge is -2.32. The number of carbonyl (C=O) groups is 2. The van der Waals surface area contributed by atoms with E-state index >= 15 is 0 Å². The lowest BCUT2D eigenvalue weighted by atomic mass is 9.90. The number of hydrogen-bond donors (Lipinski definition) is 1. The lowest BCUT2D eigenvalue weighted by Crippen LogP contribution is -2.41. The fourth-order valence-corrected chi connectivity index (χ4v) is 4.42. The van der Waals surface area contributed by atoms with Gasteiger partial charge in [0.2, 0.25) is 0 Å². The first kappa shape index (κ1) is 23.7. The van der Waals surface area contributed by atoms with Crippen LogP contribution in [0.1, 0.15) is 63.0 Å². The molecule has 1 aromatic carbocycles. The highest BCUT2D eigenvalue weighted by Gasteiger charge is 2.30. The molecule has 4 rings (SSSR count). The minimum Gasteiger partial charge on any atom is -0.464 e. The van der Waals surface area contributed by atoms with Gasteiger partial charge in [0.05, 0.1) is 24.4 Å². The van der Waals surface area contributed by atoms with E-state index in [1.165, 1.54) is 19.4 Å². The molecular weight excluding hydrogens is 439 g/mol. The largest absolute Gasteiger partial charge is 0.464 e. The summed E-state index contributed by atoms with van der Waals surface area (Å²) in [5.74, 6) is -0.491. The van der Waals surface area contributed by atoms with Crippen molar-refractivity contribution in [1.29, 1.82) is 0 Å². The van der Waals surface area contributed by atoms with Crippen LogP contribution in [0.2, 0.25) is 0 Å². The molecule has 8 nitrogen and oxygen atoms in total. The Morgan fingerprint density at radius 1 is 1.21 bits per heavy atom. The molecule has 2 atom stereocenters. The number of fused-ring (bicyclic) bond motifs is 1. The summed E-state index contributed by atoms with van der Waals surface area (Å²) < 4.78 is 27.0. The second-order valence-corrected chi connectivity index (χ2v) is 9.50. The van der Waals surface area contributed by atoms with Gasteiger partial charge in [0, 0.05) is 12.1 Å².